The van der Waals surface area contributed by atoms with Gasteiger partial charge in [-0.05, 0) is 53.7 Å². The van der Waals surface area contributed by atoms with Gasteiger partial charge in [0, 0.05) is 34.6 Å². The molecule has 0 aromatic carbocycles. The Balaban J connectivity index is 0. The van der Waals surface area contributed by atoms with Crippen molar-refractivity contribution in [2.24, 2.45) is 0 Å². The summed E-state index contributed by atoms with van der Waals surface area (Å²) in [5.41, 5.74) is 0. The van der Waals surface area contributed by atoms with Crippen LogP contribution >= 0.6 is 46.0 Å². The van der Waals surface area contributed by atoms with Crippen molar-refractivity contribution < 1.29 is 9.90 Å². The Morgan fingerprint density at radius 3 is 1.47 bits per heavy atom. The number of aliphatic carboxylic acids is 1. The summed E-state index contributed by atoms with van der Waals surface area (Å²) < 4.78 is 1.67. The third-order valence-electron chi connectivity index (χ3n) is 4.57. The fourth-order valence-electron chi connectivity index (χ4n) is 2.57. The summed E-state index contributed by atoms with van der Waals surface area (Å²) in [5.74, 6) is -0.664. The van der Waals surface area contributed by atoms with Gasteiger partial charge in [-0.2, -0.15) is 0 Å². The zero-order valence-electron chi connectivity index (χ0n) is 20.9. The molecule has 0 aliphatic heterocycles. The normalized spacial score (nSPS) is 10.5. The maximum Gasteiger partial charge on any atom is 0.303 e. The van der Waals surface area contributed by atoms with Crippen LogP contribution in [0, 0.1) is 0 Å². The topological polar surface area (TPSA) is 43.8 Å². The predicted octanol–water partition coefficient (Wildman–Crippen LogP) is 8.17. The van der Waals surface area contributed by atoms with Gasteiger partial charge in [0.05, 0.1) is 0 Å². The first-order valence-electron chi connectivity index (χ1n) is 11.9. The minimum absolute atomic E-state index is 0.332. The molecule has 188 valence electrons. The van der Waals surface area contributed by atoms with Crippen LogP contribution in [-0.2, 0) is 4.79 Å². The van der Waals surface area contributed by atoms with Crippen LogP contribution in [0.5, 0.6) is 0 Å². The Labute approximate surface area is 216 Å². The zero-order valence-corrected chi connectivity index (χ0v) is 24.2. The Morgan fingerprint density at radius 1 is 0.719 bits per heavy atom. The van der Waals surface area contributed by atoms with Crippen LogP contribution in [-0.4, -0.2) is 57.7 Å². The third-order valence-corrected chi connectivity index (χ3v) is 8.73. The predicted molar refractivity (Wildman–Crippen MR) is 155 cm³/mol. The van der Waals surface area contributed by atoms with E-state index in [0.717, 1.165) is 21.5 Å². The van der Waals surface area contributed by atoms with Gasteiger partial charge < -0.3 is 14.9 Å². The van der Waals surface area contributed by atoms with Gasteiger partial charge in [0.25, 0.3) is 0 Å². The van der Waals surface area contributed by atoms with Crippen LogP contribution in [0.4, 0.5) is 0 Å². The van der Waals surface area contributed by atoms with Crippen molar-refractivity contribution in [3.63, 3.8) is 0 Å². The summed E-state index contributed by atoms with van der Waals surface area (Å²) in [6.45, 7) is 2.26. The summed E-state index contributed by atoms with van der Waals surface area (Å²) in [6.07, 6.45) is 21.2. The minimum atomic E-state index is -0.664. The quantitative estimate of drug-likeness (QED) is 0.0999. The number of unbranched alkanes of at least 4 members (excludes halogenated alkanes) is 11. The van der Waals surface area contributed by atoms with Crippen molar-refractivity contribution in [1.82, 2.24) is 9.80 Å². The molecule has 0 amide bonds. The maximum absolute atomic E-state index is 10.3. The van der Waals surface area contributed by atoms with Gasteiger partial charge in [0.2, 0.25) is 0 Å². The largest absolute Gasteiger partial charge is 0.481 e. The van der Waals surface area contributed by atoms with E-state index in [1.807, 2.05) is 38.0 Å². The first-order valence-corrected chi connectivity index (χ1v) is 14.8. The molecule has 4 nitrogen and oxygen atoms in total. The molecule has 0 atom stereocenters. The molecule has 0 heterocycles. The second-order valence-electron chi connectivity index (χ2n) is 8.22. The number of hydrogen-bond acceptors (Lipinski definition) is 5. The molecule has 0 unspecified atom stereocenters. The maximum atomic E-state index is 10.3. The number of carboxylic acids is 1. The molecule has 0 radical (unpaired) electrons. The van der Waals surface area contributed by atoms with Crippen LogP contribution in [0.3, 0.4) is 0 Å². The Bertz CT molecular complexity index is 492. The van der Waals surface area contributed by atoms with Crippen molar-refractivity contribution in [1.29, 1.82) is 0 Å². The van der Waals surface area contributed by atoms with Gasteiger partial charge >= 0.3 is 5.97 Å². The molecule has 1 N–H and O–H groups in total. The fraction of sp³-hybridized carbons (Fsp3) is 0.792. The number of thiocarbonyl (C=S) groups is 2. The van der Waals surface area contributed by atoms with E-state index >= 15 is 0 Å². The number of hydrogen-bond donors (Lipinski definition) is 1. The highest BCUT2D eigenvalue weighted by molar-refractivity contribution is 8.89. The summed E-state index contributed by atoms with van der Waals surface area (Å²) in [4.78, 5) is 14.1. The molecular formula is C24H46N2O2S4. The minimum Gasteiger partial charge on any atom is -0.481 e. The molecule has 0 spiro atoms. The molecule has 0 aromatic rings. The number of rotatable bonds is 15. The molecular weight excluding hydrogens is 477 g/mol. The fourth-order valence-corrected chi connectivity index (χ4v) is 4.94. The second kappa shape index (κ2) is 25.3. The average molecular weight is 523 g/mol. The highest BCUT2D eigenvalue weighted by Gasteiger charge is 2.05. The lowest BCUT2D eigenvalue weighted by Gasteiger charge is -2.15. The molecule has 0 saturated carbocycles. The molecule has 0 bridgehead atoms. The van der Waals surface area contributed by atoms with E-state index in [0.29, 0.717) is 6.42 Å². The van der Waals surface area contributed by atoms with Gasteiger partial charge in [0.15, 0.2) is 0 Å². The SMILES string of the molecule is CCCCCCCC/C=C\CCCCCCCC(=O)O.CN(C)C(=S)SSC(=S)N(C)C. The van der Waals surface area contributed by atoms with Crippen molar-refractivity contribution in [2.75, 3.05) is 28.2 Å². The molecule has 0 aromatic heterocycles. The van der Waals surface area contributed by atoms with Crippen LogP contribution in [0.2, 0.25) is 0 Å². The summed E-state index contributed by atoms with van der Waals surface area (Å²) in [7, 11) is 10.7. The summed E-state index contributed by atoms with van der Waals surface area (Å²) in [6, 6.07) is 0. The monoisotopic (exact) mass is 522 g/mol. The van der Waals surface area contributed by atoms with E-state index in [1.165, 1.54) is 92.2 Å². The summed E-state index contributed by atoms with van der Waals surface area (Å²) >= 11 is 10.1. The lowest BCUT2D eigenvalue weighted by molar-refractivity contribution is -0.137. The van der Waals surface area contributed by atoms with Gasteiger partial charge in [-0.1, -0.05) is 94.9 Å². The molecule has 0 aliphatic rings. The van der Waals surface area contributed by atoms with Crippen LogP contribution in [0.25, 0.3) is 0 Å². The average Bonchev–Trinajstić information content (AvgIpc) is 2.74. The highest BCUT2D eigenvalue weighted by Crippen LogP contribution is 2.26. The third kappa shape index (κ3) is 27.7. The van der Waals surface area contributed by atoms with E-state index in [-0.39, 0.29) is 0 Å². The van der Waals surface area contributed by atoms with Gasteiger partial charge in [-0.3, -0.25) is 4.79 Å². The zero-order chi connectivity index (χ0) is 24.6. The van der Waals surface area contributed by atoms with Crippen molar-refractivity contribution in [3.8, 4) is 0 Å². The smallest absolute Gasteiger partial charge is 0.303 e. The van der Waals surface area contributed by atoms with Gasteiger partial charge in [-0.15, -0.1) is 0 Å². The highest BCUT2D eigenvalue weighted by atomic mass is 33.1. The Kier molecular flexibility index (Phi) is 26.8. The first kappa shape index (κ1) is 33.9. The number of nitrogens with zero attached hydrogens (tertiary/aromatic N) is 2. The van der Waals surface area contributed by atoms with Crippen LogP contribution in [0.15, 0.2) is 12.2 Å². The lowest BCUT2D eigenvalue weighted by atomic mass is 10.1. The molecule has 8 heteroatoms. The number of allylic oxidation sites excluding steroid dienone is 2. The van der Waals surface area contributed by atoms with E-state index in [9.17, 15) is 4.79 Å². The Morgan fingerprint density at radius 2 is 1.09 bits per heavy atom. The molecule has 0 rings (SSSR count). The number of carboxylic acid groups (broad SMARTS) is 1. The standard InChI is InChI=1S/C18H34O2.C6H12N2S4/c1-2-3-4-5-6-7-8-9-10-11-12-13-14-15-16-17-18(19)20;1-7(2)5(9)11-12-6(10)8(3)4/h9-10H,2-8,11-17H2,1H3,(H,19,20);1-4H3/b10-9-;. The van der Waals surface area contributed by atoms with E-state index in [2.05, 4.69) is 19.1 Å². The molecule has 0 saturated heterocycles. The molecule has 0 aliphatic carbocycles. The second-order valence-corrected chi connectivity index (χ2v) is 11.6. The van der Waals surface area contributed by atoms with Gasteiger partial charge in [0.1, 0.15) is 8.64 Å². The van der Waals surface area contributed by atoms with Gasteiger partial charge in [-0.25, -0.2) is 0 Å². The van der Waals surface area contributed by atoms with E-state index in [4.69, 9.17) is 29.5 Å². The van der Waals surface area contributed by atoms with Crippen LogP contribution < -0.4 is 0 Å². The van der Waals surface area contributed by atoms with Crippen molar-refractivity contribution >= 4 is 60.6 Å². The van der Waals surface area contributed by atoms with Crippen molar-refractivity contribution in [2.45, 2.75) is 96.8 Å². The van der Waals surface area contributed by atoms with E-state index < -0.39 is 5.97 Å². The first-order chi connectivity index (χ1) is 15.2. The number of carbonyl (C=O) groups is 1. The molecule has 32 heavy (non-hydrogen) atoms. The lowest BCUT2D eigenvalue weighted by Crippen LogP contribution is -2.18. The van der Waals surface area contributed by atoms with Crippen LogP contribution in [0.1, 0.15) is 96.8 Å². The summed E-state index contributed by atoms with van der Waals surface area (Å²) in [5, 5.41) is 8.51. The van der Waals surface area contributed by atoms with E-state index in [1.54, 1.807) is 0 Å². The molecule has 0 fully saturated rings. The Hall–Kier alpha value is -0.310. The van der Waals surface area contributed by atoms with Crippen molar-refractivity contribution in [3.05, 3.63) is 12.2 Å².